The number of nitrogens with one attached hydrogen (secondary N) is 1. The molecule has 0 aliphatic carbocycles. The van der Waals surface area contributed by atoms with Gasteiger partial charge < -0.3 is 10.1 Å². The molecule has 0 amide bonds. The van der Waals surface area contributed by atoms with Crippen molar-refractivity contribution in [2.24, 2.45) is 0 Å². The van der Waals surface area contributed by atoms with E-state index in [1.165, 1.54) is 0 Å². The highest BCUT2D eigenvalue weighted by Gasteiger charge is 2.07. The van der Waals surface area contributed by atoms with Gasteiger partial charge in [-0.2, -0.15) is 0 Å². The summed E-state index contributed by atoms with van der Waals surface area (Å²) in [4.78, 5) is 0. The summed E-state index contributed by atoms with van der Waals surface area (Å²) in [7, 11) is 0. The maximum atomic E-state index is 6.20. The molecule has 0 fully saturated rings. The van der Waals surface area contributed by atoms with Gasteiger partial charge in [0.1, 0.15) is 12.4 Å². The molecule has 3 rings (SSSR count). The number of hydrogen-bond donors (Lipinski definition) is 1. The summed E-state index contributed by atoms with van der Waals surface area (Å²) in [5.74, 6) is 0.783. The number of ether oxygens (including phenoxy) is 1. The fourth-order valence-corrected chi connectivity index (χ4v) is 3.15. The molecule has 6 heteroatoms. The van der Waals surface area contributed by atoms with Crippen molar-refractivity contribution in [1.82, 2.24) is 0 Å². The van der Waals surface area contributed by atoms with Crippen molar-refractivity contribution >= 4 is 52.1 Å². The van der Waals surface area contributed by atoms with Gasteiger partial charge in [0, 0.05) is 33.4 Å². The van der Waals surface area contributed by atoms with Crippen LogP contribution in [0, 0.1) is 0 Å². The Labute approximate surface area is 172 Å². The van der Waals surface area contributed by atoms with E-state index in [1.54, 1.807) is 24.3 Å². The summed E-state index contributed by atoms with van der Waals surface area (Å²) in [6.45, 7) is 0.947. The number of halogens is 4. The molecule has 0 unspecified atom stereocenters. The van der Waals surface area contributed by atoms with Crippen LogP contribution in [-0.4, -0.2) is 0 Å². The third kappa shape index (κ3) is 4.99. The van der Waals surface area contributed by atoms with Crippen molar-refractivity contribution in [2.75, 3.05) is 5.32 Å². The highest BCUT2D eigenvalue weighted by molar-refractivity contribution is 6.42. The minimum atomic E-state index is 0.361. The lowest BCUT2D eigenvalue weighted by Crippen LogP contribution is -2.04. The van der Waals surface area contributed by atoms with Crippen LogP contribution in [0.25, 0.3) is 0 Å². The van der Waals surface area contributed by atoms with Gasteiger partial charge in [0.15, 0.2) is 0 Å². The highest BCUT2D eigenvalue weighted by Crippen LogP contribution is 2.27. The van der Waals surface area contributed by atoms with Crippen LogP contribution in [-0.2, 0) is 13.2 Å². The Morgan fingerprint density at radius 1 is 0.731 bits per heavy atom. The van der Waals surface area contributed by atoms with Crippen molar-refractivity contribution in [1.29, 1.82) is 0 Å². The highest BCUT2D eigenvalue weighted by atomic mass is 35.5. The predicted octanol–water partition coefficient (Wildman–Crippen LogP) is 7.49. The lowest BCUT2D eigenvalue weighted by atomic mass is 10.2. The van der Waals surface area contributed by atoms with Gasteiger partial charge in [-0.3, -0.25) is 0 Å². The zero-order valence-corrected chi connectivity index (χ0v) is 16.6. The van der Waals surface area contributed by atoms with Crippen LogP contribution >= 0.6 is 46.4 Å². The Morgan fingerprint density at radius 2 is 1.54 bits per heavy atom. The molecule has 0 bridgehead atoms. The first-order valence-electron chi connectivity index (χ1n) is 7.86. The first-order chi connectivity index (χ1) is 12.5. The Hall–Kier alpha value is -1.58. The van der Waals surface area contributed by atoms with E-state index in [1.807, 2.05) is 36.4 Å². The molecule has 1 N–H and O–H groups in total. The quantitative estimate of drug-likeness (QED) is 0.440. The molecule has 3 aromatic carbocycles. The molecule has 2 nitrogen and oxygen atoms in total. The lowest BCUT2D eigenvalue weighted by Gasteiger charge is -2.14. The number of benzene rings is 3. The van der Waals surface area contributed by atoms with E-state index in [4.69, 9.17) is 51.1 Å². The van der Waals surface area contributed by atoms with Crippen molar-refractivity contribution in [3.8, 4) is 5.75 Å². The molecule has 3 aromatic rings. The van der Waals surface area contributed by atoms with E-state index >= 15 is 0 Å². The van der Waals surface area contributed by atoms with E-state index < -0.39 is 0 Å². The summed E-state index contributed by atoms with van der Waals surface area (Å²) < 4.78 is 5.96. The number of para-hydroxylation sites is 1. The number of hydrogen-bond acceptors (Lipinski definition) is 2. The normalized spacial score (nSPS) is 10.6. The molecule has 0 spiro atoms. The molecular formula is C20H15Cl4NO. The Balaban J connectivity index is 1.68. The molecule has 0 saturated heterocycles. The van der Waals surface area contributed by atoms with Crippen molar-refractivity contribution in [2.45, 2.75) is 13.2 Å². The van der Waals surface area contributed by atoms with E-state index in [-0.39, 0.29) is 0 Å². The smallest absolute Gasteiger partial charge is 0.124 e. The van der Waals surface area contributed by atoms with Crippen LogP contribution in [0.1, 0.15) is 11.1 Å². The minimum Gasteiger partial charge on any atom is -0.488 e. The molecule has 0 saturated carbocycles. The maximum absolute atomic E-state index is 6.20. The first-order valence-corrected chi connectivity index (χ1v) is 9.37. The van der Waals surface area contributed by atoms with Crippen molar-refractivity contribution < 1.29 is 4.74 Å². The average molecular weight is 427 g/mol. The second-order valence-electron chi connectivity index (χ2n) is 5.61. The molecule has 134 valence electrons. The van der Waals surface area contributed by atoms with E-state index in [0.29, 0.717) is 33.2 Å². The Bertz CT molecular complexity index is 914. The van der Waals surface area contributed by atoms with Gasteiger partial charge in [0.05, 0.1) is 10.0 Å². The Kier molecular flexibility index (Phi) is 6.55. The van der Waals surface area contributed by atoms with Gasteiger partial charge in [-0.05, 0) is 36.4 Å². The monoisotopic (exact) mass is 425 g/mol. The lowest BCUT2D eigenvalue weighted by molar-refractivity contribution is 0.303. The molecule has 0 aliphatic heterocycles. The first kappa shape index (κ1) is 19.2. The van der Waals surface area contributed by atoms with E-state index in [0.717, 1.165) is 22.6 Å². The van der Waals surface area contributed by atoms with Crippen molar-refractivity contribution in [3.63, 3.8) is 0 Å². The third-order valence-electron chi connectivity index (χ3n) is 3.77. The second-order valence-corrected chi connectivity index (χ2v) is 7.27. The third-order valence-corrected chi connectivity index (χ3v) is 5.10. The maximum Gasteiger partial charge on any atom is 0.124 e. The fourth-order valence-electron chi connectivity index (χ4n) is 2.39. The summed E-state index contributed by atoms with van der Waals surface area (Å²) >= 11 is 24.1. The zero-order valence-electron chi connectivity index (χ0n) is 13.6. The topological polar surface area (TPSA) is 21.3 Å². The Morgan fingerprint density at radius 3 is 2.31 bits per heavy atom. The van der Waals surface area contributed by atoms with Crippen LogP contribution in [0.5, 0.6) is 5.75 Å². The van der Waals surface area contributed by atoms with Gasteiger partial charge >= 0.3 is 0 Å². The number of rotatable bonds is 6. The standard InChI is InChI=1S/C20H15Cl4NO/c21-15-6-5-14(18(23)9-15)12-26-20-4-2-1-3-13(20)11-25-16-7-8-17(22)19(24)10-16/h1-10,25H,11-12H2. The molecule has 0 aromatic heterocycles. The molecule has 0 radical (unpaired) electrons. The largest absolute Gasteiger partial charge is 0.488 e. The second kappa shape index (κ2) is 8.88. The van der Waals surface area contributed by atoms with Crippen LogP contribution in [0.4, 0.5) is 5.69 Å². The van der Waals surface area contributed by atoms with Gasteiger partial charge in [-0.15, -0.1) is 0 Å². The van der Waals surface area contributed by atoms with E-state index in [9.17, 15) is 0 Å². The number of anilines is 1. The average Bonchev–Trinajstić information content (AvgIpc) is 2.63. The van der Waals surface area contributed by atoms with Crippen LogP contribution < -0.4 is 10.1 Å². The zero-order chi connectivity index (χ0) is 18.5. The molecule has 26 heavy (non-hydrogen) atoms. The van der Waals surface area contributed by atoms with Crippen molar-refractivity contribution in [3.05, 3.63) is 91.9 Å². The summed E-state index contributed by atoms with van der Waals surface area (Å²) in [5.41, 5.74) is 2.78. The summed E-state index contributed by atoms with van der Waals surface area (Å²) in [6.07, 6.45) is 0. The fraction of sp³-hybridized carbons (Fsp3) is 0.100. The van der Waals surface area contributed by atoms with Gasteiger partial charge in [-0.1, -0.05) is 70.7 Å². The van der Waals surface area contributed by atoms with Crippen LogP contribution in [0.15, 0.2) is 60.7 Å². The predicted molar refractivity (Wildman–Crippen MR) is 111 cm³/mol. The molecule has 0 heterocycles. The molecule has 0 atom stereocenters. The van der Waals surface area contributed by atoms with Gasteiger partial charge in [0.25, 0.3) is 0 Å². The summed E-state index contributed by atoms with van der Waals surface area (Å²) in [6, 6.07) is 18.6. The van der Waals surface area contributed by atoms with E-state index in [2.05, 4.69) is 5.32 Å². The van der Waals surface area contributed by atoms with Gasteiger partial charge in [0.2, 0.25) is 0 Å². The minimum absolute atomic E-state index is 0.361. The van der Waals surface area contributed by atoms with Crippen LogP contribution in [0.2, 0.25) is 20.1 Å². The molecule has 0 aliphatic rings. The van der Waals surface area contributed by atoms with Crippen LogP contribution in [0.3, 0.4) is 0 Å². The van der Waals surface area contributed by atoms with Gasteiger partial charge in [-0.25, -0.2) is 0 Å². The molecular weight excluding hydrogens is 412 g/mol. The SMILES string of the molecule is Clc1ccc(COc2ccccc2CNc2ccc(Cl)c(Cl)c2)c(Cl)c1. The summed E-state index contributed by atoms with van der Waals surface area (Å²) in [5, 5.41) is 5.55.